The van der Waals surface area contributed by atoms with Gasteiger partial charge in [0.1, 0.15) is 17.3 Å². The van der Waals surface area contributed by atoms with Crippen LogP contribution in [0.4, 0.5) is 14.5 Å². The standard InChI is InChI=1S/C15H14BrF2NO/c1-19(8-11-4-2-3-5-12(11)16)15-13(17)6-10(9-20)7-14(15)18/h2-7,20H,8-9H2,1H3. The minimum atomic E-state index is -0.677. The lowest BCUT2D eigenvalue weighted by atomic mass is 10.1. The van der Waals surface area contributed by atoms with Gasteiger partial charge in [-0.15, -0.1) is 0 Å². The van der Waals surface area contributed by atoms with Crippen molar-refractivity contribution in [1.82, 2.24) is 0 Å². The number of hydrogen-bond acceptors (Lipinski definition) is 2. The van der Waals surface area contributed by atoms with Crippen molar-refractivity contribution in [2.24, 2.45) is 0 Å². The third-order valence-corrected chi connectivity index (χ3v) is 3.78. The summed E-state index contributed by atoms with van der Waals surface area (Å²) in [6.45, 7) is -0.0181. The van der Waals surface area contributed by atoms with Gasteiger partial charge in [-0.2, -0.15) is 0 Å². The van der Waals surface area contributed by atoms with E-state index in [0.29, 0.717) is 6.54 Å². The predicted octanol–water partition coefficient (Wildman–Crippen LogP) is 3.86. The molecule has 0 bridgehead atoms. The molecule has 0 spiro atoms. The van der Waals surface area contributed by atoms with Crippen molar-refractivity contribution in [3.8, 4) is 0 Å². The minimum Gasteiger partial charge on any atom is -0.392 e. The maximum Gasteiger partial charge on any atom is 0.149 e. The zero-order valence-corrected chi connectivity index (χ0v) is 12.5. The smallest absolute Gasteiger partial charge is 0.149 e. The summed E-state index contributed by atoms with van der Waals surface area (Å²) >= 11 is 3.41. The van der Waals surface area contributed by atoms with E-state index in [4.69, 9.17) is 5.11 Å². The maximum absolute atomic E-state index is 13.9. The summed E-state index contributed by atoms with van der Waals surface area (Å²) < 4.78 is 28.8. The van der Waals surface area contributed by atoms with Gasteiger partial charge in [-0.3, -0.25) is 0 Å². The number of rotatable bonds is 4. The minimum absolute atomic E-state index is 0.0991. The Bertz CT molecular complexity index is 596. The summed E-state index contributed by atoms with van der Waals surface area (Å²) in [7, 11) is 1.62. The zero-order chi connectivity index (χ0) is 14.7. The first-order valence-corrected chi connectivity index (χ1v) is 6.85. The van der Waals surface area contributed by atoms with Crippen molar-refractivity contribution in [2.75, 3.05) is 11.9 Å². The fourth-order valence-electron chi connectivity index (χ4n) is 2.04. The molecule has 5 heteroatoms. The van der Waals surface area contributed by atoms with Crippen LogP contribution in [0.2, 0.25) is 0 Å². The molecule has 2 rings (SSSR count). The summed E-state index contributed by atoms with van der Waals surface area (Å²) in [5.74, 6) is -1.35. The Labute approximate surface area is 124 Å². The molecule has 0 aliphatic rings. The lowest BCUT2D eigenvalue weighted by Gasteiger charge is -2.21. The molecule has 0 unspecified atom stereocenters. The Morgan fingerprint density at radius 2 is 1.75 bits per heavy atom. The average molecular weight is 342 g/mol. The van der Waals surface area contributed by atoms with Crippen molar-refractivity contribution in [3.63, 3.8) is 0 Å². The lowest BCUT2D eigenvalue weighted by molar-refractivity contribution is 0.280. The van der Waals surface area contributed by atoms with Crippen LogP contribution in [0.25, 0.3) is 0 Å². The molecule has 2 aromatic carbocycles. The molecule has 1 N–H and O–H groups in total. The number of nitrogens with zero attached hydrogens (tertiary/aromatic N) is 1. The molecule has 0 atom stereocenters. The Kier molecular flexibility index (Phi) is 4.73. The first kappa shape index (κ1) is 14.9. The van der Waals surface area contributed by atoms with E-state index < -0.39 is 11.6 Å². The van der Waals surface area contributed by atoms with Gasteiger partial charge in [0, 0.05) is 18.1 Å². The first-order chi connectivity index (χ1) is 9.52. The van der Waals surface area contributed by atoms with E-state index >= 15 is 0 Å². The largest absolute Gasteiger partial charge is 0.392 e. The fourth-order valence-corrected chi connectivity index (χ4v) is 2.45. The number of hydrogen-bond donors (Lipinski definition) is 1. The quantitative estimate of drug-likeness (QED) is 0.912. The highest BCUT2D eigenvalue weighted by Gasteiger charge is 2.16. The molecule has 0 saturated heterocycles. The monoisotopic (exact) mass is 341 g/mol. The Hall–Kier alpha value is -1.46. The van der Waals surface area contributed by atoms with Crippen LogP contribution < -0.4 is 4.90 Å². The average Bonchev–Trinajstić information content (AvgIpc) is 2.40. The lowest BCUT2D eigenvalue weighted by Crippen LogP contribution is -2.19. The first-order valence-electron chi connectivity index (χ1n) is 6.06. The van der Waals surface area contributed by atoms with Gasteiger partial charge in [0.05, 0.1) is 6.61 Å². The van der Waals surface area contributed by atoms with Crippen LogP contribution in [0.5, 0.6) is 0 Å². The number of aliphatic hydroxyl groups is 1. The van der Waals surface area contributed by atoms with Gasteiger partial charge < -0.3 is 10.0 Å². The number of benzene rings is 2. The Balaban J connectivity index is 2.30. The number of anilines is 1. The second-order valence-corrected chi connectivity index (χ2v) is 5.37. The maximum atomic E-state index is 13.9. The van der Waals surface area contributed by atoms with E-state index in [0.717, 1.165) is 22.2 Å². The van der Waals surface area contributed by atoms with Gasteiger partial charge in [0.2, 0.25) is 0 Å². The van der Waals surface area contributed by atoms with Gasteiger partial charge >= 0.3 is 0 Å². The molecule has 0 amide bonds. The Morgan fingerprint density at radius 3 is 2.30 bits per heavy atom. The number of aliphatic hydroxyl groups excluding tert-OH is 1. The summed E-state index contributed by atoms with van der Waals surface area (Å²) in [6, 6.07) is 9.81. The molecule has 0 aromatic heterocycles. The summed E-state index contributed by atoms with van der Waals surface area (Å²) in [4.78, 5) is 1.51. The van der Waals surface area contributed by atoms with Crippen LogP contribution in [0.15, 0.2) is 40.9 Å². The van der Waals surface area contributed by atoms with Gasteiger partial charge in [0.15, 0.2) is 0 Å². The van der Waals surface area contributed by atoms with E-state index in [-0.39, 0.29) is 17.9 Å². The second kappa shape index (κ2) is 6.33. The predicted molar refractivity (Wildman–Crippen MR) is 78.5 cm³/mol. The molecule has 0 aliphatic carbocycles. The summed E-state index contributed by atoms with van der Waals surface area (Å²) in [6.07, 6.45) is 0. The van der Waals surface area contributed by atoms with Gasteiger partial charge in [-0.1, -0.05) is 34.1 Å². The topological polar surface area (TPSA) is 23.5 Å². The van der Waals surface area contributed by atoms with Gasteiger partial charge in [-0.05, 0) is 29.3 Å². The van der Waals surface area contributed by atoms with Crippen LogP contribution in [0.3, 0.4) is 0 Å². The van der Waals surface area contributed by atoms with E-state index in [1.807, 2.05) is 24.3 Å². The second-order valence-electron chi connectivity index (χ2n) is 4.51. The SMILES string of the molecule is CN(Cc1ccccc1Br)c1c(F)cc(CO)cc1F. The molecule has 0 saturated carbocycles. The summed E-state index contributed by atoms with van der Waals surface area (Å²) in [5, 5.41) is 8.93. The van der Waals surface area contributed by atoms with Crippen molar-refractivity contribution in [2.45, 2.75) is 13.2 Å². The molecule has 0 radical (unpaired) electrons. The van der Waals surface area contributed by atoms with Crippen LogP contribution in [-0.2, 0) is 13.2 Å². The van der Waals surface area contributed by atoms with E-state index in [9.17, 15) is 8.78 Å². The van der Waals surface area contributed by atoms with Crippen molar-refractivity contribution in [3.05, 3.63) is 63.6 Å². The number of halogens is 3. The normalized spacial score (nSPS) is 10.7. The zero-order valence-electron chi connectivity index (χ0n) is 10.9. The third kappa shape index (κ3) is 3.16. The van der Waals surface area contributed by atoms with Crippen LogP contribution >= 0.6 is 15.9 Å². The highest BCUT2D eigenvalue weighted by Crippen LogP contribution is 2.27. The van der Waals surface area contributed by atoms with Crippen molar-refractivity contribution in [1.29, 1.82) is 0 Å². The summed E-state index contributed by atoms with van der Waals surface area (Å²) in [5.41, 5.74) is 1.05. The van der Waals surface area contributed by atoms with Crippen LogP contribution in [-0.4, -0.2) is 12.2 Å². The van der Waals surface area contributed by atoms with Crippen LogP contribution in [0, 0.1) is 11.6 Å². The van der Waals surface area contributed by atoms with Crippen molar-refractivity contribution >= 4 is 21.6 Å². The van der Waals surface area contributed by atoms with E-state index in [1.54, 1.807) is 7.05 Å². The molecular formula is C15H14BrF2NO. The molecular weight excluding hydrogens is 328 g/mol. The van der Waals surface area contributed by atoms with Crippen molar-refractivity contribution < 1.29 is 13.9 Å². The highest BCUT2D eigenvalue weighted by atomic mass is 79.9. The van der Waals surface area contributed by atoms with E-state index in [2.05, 4.69) is 15.9 Å². The molecule has 2 nitrogen and oxygen atoms in total. The fraction of sp³-hybridized carbons (Fsp3) is 0.200. The Morgan fingerprint density at radius 1 is 1.15 bits per heavy atom. The highest BCUT2D eigenvalue weighted by molar-refractivity contribution is 9.10. The van der Waals surface area contributed by atoms with Gasteiger partial charge in [-0.25, -0.2) is 8.78 Å². The molecule has 20 heavy (non-hydrogen) atoms. The van der Waals surface area contributed by atoms with E-state index in [1.165, 1.54) is 4.90 Å². The molecule has 0 heterocycles. The molecule has 106 valence electrons. The van der Waals surface area contributed by atoms with Gasteiger partial charge in [0.25, 0.3) is 0 Å². The molecule has 2 aromatic rings. The van der Waals surface area contributed by atoms with Crippen LogP contribution in [0.1, 0.15) is 11.1 Å². The molecule has 0 fully saturated rings. The third-order valence-electron chi connectivity index (χ3n) is 3.01. The molecule has 0 aliphatic heterocycles.